The van der Waals surface area contributed by atoms with Gasteiger partial charge in [0.2, 0.25) is 0 Å². The first-order valence-electron chi connectivity index (χ1n) is 8.81. The Labute approximate surface area is 154 Å². The monoisotopic (exact) mass is 348 g/mol. The van der Waals surface area contributed by atoms with Crippen LogP contribution in [0.2, 0.25) is 0 Å². The predicted molar refractivity (Wildman–Crippen MR) is 106 cm³/mol. The van der Waals surface area contributed by atoms with E-state index in [1.165, 1.54) is 12.7 Å². The molecular formula is C22H24N2O2. The third-order valence-corrected chi connectivity index (χ3v) is 4.60. The van der Waals surface area contributed by atoms with Crippen LogP contribution in [0, 0.1) is 6.92 Å². The normalized spacial score (nSPS) is 11.0. The van der Waals surface area contributed by atoms with Crippen molar-refractivity contribution in [3.63, 3.8) is 0 Å². The van der Waals surface area contributed by atoms with Crippen LogP contribution < -0.4 is 5.32 Å². The summed E-state index contributed by atoms with van der Waals surface area (Å²) < 4.78 is 4.87. The van der Waals surface area contributed by atoms with Crippen LogP contribution in [0.1, 0.15) is 36.6 Å². The molecular weight excluding hydrogens is 324 g/mol. The zero-order valence-electron chi connectivity index (χ0n) is 15.7. The van der Waals surface area contributed by atoms with Crippen LogP contribution >= 0.6 is 0 Å². The maximum absolute atomic E-state index is 11.9. The minimum atomic E-state index is -0.275. The van der Waals surface area contributed by atoms with Crippen LogP contribution in [0.3, 0.4) is 0 Å². The first kappa shape index (κ1) is 17.9. The van der Waals surface area contributed by atoms with Gasteiger partial charge in [0.05, 0.1) is 24.7 Å². The second kappa shape index (κ2) is 7.56. The summed E-state index contributed by atoms with van der Waals surface area (Å²) in [7, 11) is 1.41. The highest BCUT2D eigenvalue weighted by Crippen LogP contribution is 2.32. The summed E-state index contributed by atoms with van der Waals surface area (Å²) in [5.41, 5.74) is 5.78. The van der Waals surface area contributed by atoms with E-state index in [9.17, 15) is 4.79 Å². The number of nitrogens with zero attached hydrogens (tertiary/aromatic N) is 1. The highest BCUT2D eigenvalue weighted by Gasteiger charge is 2.16. The minimum absolute atomic E-state index is 0.187. The van der Waals surface area contributed by atoms with Crippen molar-refractivity contribution in [3.05, 3.63) is 65.4 Å². The number of ether oxygens (including phenoxy) is 1. The van der Waals surface area contributed by atoms with Crippen molar-refractivity contribution < 1.29 is 9.53 Å². The molecule has 4 nitrogen and oxygen atoms in total. The minimum Gasteiger partial charge on any atom is -0.469 e. The zero-order chi connectivity index (χ0) is 18.7. The quantitative estimate of drug-likeness (QED) is 0.650. The molecule has 1 heterocycles. The molecule has 134 valence electrons. The number of hydrogen-bond donors (Lipinski definition) is 1. The molecule has 0 saturated carbocycles. The molecule has 0 radical (unpaired) electrons. The average Bonchev–Trinajstić information content (AvgIpc) is 2.64. The summed E-state index contributed by atoms with van der Waals surface area (Å²) in [6.07, 6.45) is 0.187. The Balaban J connectivity index is 2.09. The molecule has 0 amide bonds. The number of carbonyl (C=O) groups is 1. The maximum Gasteiger partial charge on any atom is 0.310 e. The molecule has 1 aromatic heterocycles. The van der Waals surface area contributed by atoms with Crippen LogP contribution in [-0.2, 0) is 16.0 Å². The largest absolute Gasteiger partial charge is 0.469 e. The summed E-state index contributed by atoms with van der Waals surface area (Å²) in [6, 6.07) is 16.4. The van der Waals surface area contributed by atoms with Crippen molar-refractivity contribution in [3.8, 4) is 0 Å². The molecule has 3 aromatic rings. The standard InChI is InChI=1S/C22H24N2O2/c1-14(2)16-9-11-17(12-10-16)24-22-18-7-5-6-8-20(18)23-15(3)19(22)13-21(25)26-4/h5-12,14H,13H2,1-4H3,(H,23,24). The Kier molecular flexibility index (Phi) is 5.21. The van der Waals surface area contributed by atoms with Crippen LogP contribution in [-0.4, -0.2) is 18.1 Å². The van der Waals surface area contributed by atoms with Gasteiger partial charge in [-0.2, -0.15) is 0 Å². The van der Waals surface area contributed by atoms with Crippen LogP contribution in [0.25, 0.3) is 10.9 Å². The number of aromatic nitrogens is 1. The number of carbonyl (C=O) groups excluding carboxylic acids is 1. The fourth-order valence-corrected chi connectivity index (χ4v) is 3.05. The van der Waals surface area contributed by atoms with E-state index < -0.39 is 0 Å². The number of benzene rings is 2. The summed E-state index contributed by atoms with van der Waals surface area (Å²) >= 11 is 0. The van der Waals surface area contributed by atoms with Gasteiger partial charge in [-0.1, -0.05) is 44.2 Å². The lowest BCUT2D eigenvalue weighted by atomic mass is 10.0. The zero-order valence-corrected chi connectivity index (χ0v) is 15.7. The van der Waals surface area contributed by atoms with Crippen LogP contribution in [0.4, 0.5) is 11.4 Å². The summed E-state index contributed by atoms with van der Waals surface area (Å²) in [4.78, 5) is 16.6. The fraction of sp³-hybridized carbons (Fsp3) is 0.273. The topological polar surface area (TPSA) is 51.2 Å². The lowest BCUT2D eigenvalue weighted by Crippen LogP contribution is -2.10. The third-order valence-electron chi connectivity index (χ3n) is 4.60. The van der Waals surface area contributed by atoms with Gasteiger partial charge in [-0.25, -0.2) is 0 Å². The lowest BCUT2D eigenvalue weighted by Gasteiger charge is -2.17. The van der Waals surface area contributed by atoms with Gasteiger partial charge in [0, 0.05) is 22.3 Å². The number of hydrogen-bond acceptors (Lipinski definition) is 4. The first-order valence-corrected chi connectivity index (χ1v) is 8.81. The number of rotatable bonds is 5. The van der Waals surface area contributed by atoms with Crippen molar-refractivity contribution in [1.82, 2.24) is 4.98 Å². The molecule has 0 fully saturated rings. The van der Waals surface area contributed by atoms with E-state index >= 15 is 0 Å². The van der Waals surface area contributed by atoms with Gasteiger partial charge in [-0.3, -0.25) is 9.78 Å². The summed E-state index contributed by atoms with van der Waals surface area (Å²) in [5.74, 6) is 0.214. The Bertz CT molecular complexity index is 931. The van der Waals surface area contributed by atoms with E-state index in [1.807, 2.05) is 31.2 Å². The molecule has 3 rings (SSSR count). The van der Waals surface area contributed by atoms with E-state index in [0.29, 0.717) is 5.92 Å². The van der Waals surface area contributed by atoms with Gasteiger partial charge in [-0.05, 0) is 36.6 Å². The molecule has 0 spiro atoms. The Hall–Kier alpha value is -2.88. The van der Waals surface area contributed by atoms with Gasteiger partial charge in [-0.15, -0.1) is 0 Å². The molecule has 0 aliphatic heterocycles. The maximum atomic E-state index is 11.9. The van der Waals surface area contributed by atoms with Crippen molar-refractivity contribution >= 4 is 28.2 Å². The number of anilines is 2. The lowest BCUT2D eigenvalue weighted by molar-refractivity contribution is -0.139. The number of nitrogens with one attached hydrogen (secondary N) is 1. The van der Waals surface area contributed by atoms with Gasteiger partial charge in [0.1, 0.15) is 0 Å². The SMILES string of the molecule is COC(=O)Cc1c(C)nc2ccccc2c1Nc1ccc(C(C)C)cc1. The second-order valence-electron chi connectivity index (χ2n) is 6.72. The van der Waals surface area contributed by atoms with E-state index in [1.54, 1.807) is 0 Å². The summed E-state index contributed by atoms with van der Waals surface area (Å²) in [6.45, 7) is 6.28. The third kappa shape index (κ3) is 3.69. The number of pyridine rings is 1. The van der Waals surface area contributed by atoms with Crippen LogP contribution in [0.15, 0.2) is 48.5 Å². The number of methoxy groups -OCH3 is 1. The Morgan fingerprint density at radius 1 is 1.12 bits per heavy atom. The van der Waals surface area contributed by atoms with E-state index in [-0.39, 0.29) is 12.4 Å². The van der Waals surface area contributed by atoms with Crippen molar-refractivity contribution in [2.45, 2.75) is 33.1 Å². The summed E-state index contributed by atoms with van der Waals surface area (Å²) in [5, 5.41) is 4.49. The Morgan fingerprint density at radius 2 is 1.81 bits per heavy atom. The van der Waals surface area contributed by atoms with E-state index in [0.717, 1.165) is 33.5 Å². The second-order valence-corrected chi connectivity index (χ2v) is 6.72. The molecule has 26 heavy (non-hydrogen) atoms. The molecule has 1 N–H and O–H groups in total. The van der Waals surface area contributed by atoms with Crippen molar-refractivity contribution in [2.75, 3.05) is 12.4 Å². The average molecular weight is 348 g/mol. The van der Waals surface area contributed by atoms with Gasteiger partial charge in [0.25, 0.3) is 0 Å². The Morgan fingerprint density at radius 3 is 2.46 bits per heavy atom. The van der Waals surface area contributed by atoms with E-state index in [4.69, 9.17) is 4.74 Å². The molecule has 0 aliphatic rings. The number of esters is 1. The predicted octanol–water partition coefficient (Wildman–Crippen LogP) is 5.13. The molecule has 2 aromatic carbocycles. The fourth-order valence-electron chi connectivity index (χ4n) is 3.05. The van der Waals surface area contributed by atoms with Crippen molar-refractivity contribution in [2.24, 2.45) is 0 Å². The van der Waals surface area contributed by atoms with Gasteiger partial charge >= 0.3 is 5.97 Å². The van der Waals surface area contributed by atoms with Gasteiger partial charge < -0.3 is 10.1 Å². The molecule has 0 saturated heterocycles. The highest BCUT2D eigenvalue weighted by atomic mass is 16.5. The molecule has 0 aliphatic carbocycles. The highest BCUT2D eigenvalue weighted by molar-refractivity contribution is 5.96. The van der Waals surface area contributed by atoms with Crippen molar-refractivity contribution in [1.29, 1.82) is 0 Å². The smallest absolute Gasteiger partial charge is 0.310 e. The van der Waals surface area contributed by atoms with Gasteiger partial charge in [0.15, 0.2) is 0 Å². The number of para-hydroxylation sites is 1. The molecule has 4 heteroatoms. The number of fused-ring (bicyclic) bond motifs is 1. The van der Waals surface area contributed by atoms with E-state index in [2.05, 4.69) is 48.4 Å². The first-order chi connectivity index (χ1) is 12.5. The molecule has 0 unspecified atom stereocenters. The number of aryl methyl sites for hydroxylation is 1. The molecule has 0 bridgehead atoms. The molecule has 0 atom stereocenters. The van der Waals surface area contributed by atoms with Crippen LogP contribution in [0.5, 0.6) is 0 Å².